The van der Waals surface area contributed by atoms with E-state index in [1.165, 1.54) is 84.0 Å². The predicted molar refractivity (Wildman–Crippen MR) is 92.7 cm³/mol. The van der Waals surface area contributed by atoms with E-state index >= 15 is 0 Å². The average molecular weight is 295 g/mol. The molecule has 1 aliphatic carbocycles. The lowest BCUT2D eigenvalue weighted by atomic mass is 9.79. The molecule has 2 nitrogen and oxygen atoms in total. The number of hydrogen-bond donors (Lipinski definition) is 1. The Bertz CT molecular complexity index is 279. The lowest BCUT2D eigenvalue weighted by molar-refractivity contribution is 0.130. The highest BCUT2D eigenvalue weighted by molar-refractivity contribution is 4.87. The van der Waals surface area contributed by atoms with E-state index in [1.54, 1.807) is 0 Å². The Hall–Kier alpha value is -0.0800. The zero-order valence-electron chi connectivity index (χ0n) is 14.8. The largest absolute Gasteiger partial charge is 0.319 e. The highest BCUT2D eigenvalue weighted by Gasteiger charge is 2.33. The van der Waals surface area contributed by atoms with Crippen molar-refractivity contribution in [3.63, 3.8) is 0 Å². The van der Waals surface area contributed by atoms with Crippen LogP contribution in [0, 0.1) is 17.3 Å². The minimum Gasteiger partial charge on any atom is -0.319 e. The minimum atomic E-state index is 0.558. The smallest absolute Gasteiger partial charge is 0.00501 e. The van der Waals surface area contributed by atoms with E-state index in [1.807, 2.05) is 0 Å². The molecule has 0 aromatic rings. The van der Waals surface area contributed by atoms with Gasteiger partial charge in [0, 0.05) is 13.1 Å². The fourth-order valence-corrected chi connectivity index (χ4v) is 4.73. The standard InChI is InChI=1S/C19H38N2/c1-17(2)18-9-8-13-21(14-10-18)16-19(15-20-3)11-6-4-5-7-12-19/h17-18,20H,4-16H2,1-3H3. The first-order chi connectivity index (χ1) is 10.2. The third-order valence-corrected chi connectivity index (χ3v) is 6.08. The number of nitrogens with one attached hydrogen (secondary N) is 1. The van der Waals surface area contributed by atoms with Crippen LogP contribution in [0.25, 0.3) is 0 Å². The Morgan fingerprint density at radius 2 is 1.71 bits per heavy atom. The quantitative estimate of drug-likeness (QED) is 0.760. The van der Waals surface area contributed by atoms with Gasteiger partial charge in [-0.2, -0.15) is 0 Å². The van der Waals surface area contributed by atoms with E-state index in [4.69, 9.17) is 0 Å². The predicted octanol–water partition coefficient (Wildman–Crippen LogP) is 4.30. The van der Waals surface area contributed by atoms with Crippen molar-refractivity contribution in [3.05, 3.63) is 0 Å². The molecule has 124 valence electrons. The first-order valence-corrected chi connectivity index (χ1v) is 9.52. The van der Waals surface area contributed by atoms with Crippen molar-refractivity contribution in [3.8, 4) is 0 Å². The first kappa shape index (κ1) is 17.3. The van der Waals surface area contributed by atoms with E-state index in [9.17, 15) is 0 Å². The molecule has 2 rings (SSSR count). The molecule has 1 unspecified atom stereocenters. The van der Waals surface area contributed by atoms with Crippen LogP contribution in [0.4, 0.5) is 0 Å². The zero-order chi connectivity index (χ0) is 15.1. The molecule has 1 N–H and O–H groups in total. The monoisotopic (exact) mass is 294 g/mol. The number of likely N-dealkylation sites (tertiary alicyclic amines) is 1. The Labute approximate surface area is 133 Å². The summed E-state index contributed by atoms with van der Waals surface area (Å²) in [7, 11) is 2.14. The second-order valence-electron chi connectivity index (χ2n) is 8.16. The van der Waals surface area contributed by atoms with Crippen LogP contribution in [-0.4, -0.2) is 38.1 Å². The maximum absolute atomic E-state index is 3.51. The summed E-state index contributed by atoms with van der Waals surface area (Å²) >= 11 is 0. The van der Waals surface area contributed by atoms with Crippen LogP contribution in [0.5, 0.6) is 0 Å². The molecule has 2 fully saturated rings. The van der Waals surface area contributed by atoms with Crippen molar-refractivity contribution in [2.45, 2.75) is 71.6 Å². The van der Waals surface area contributed by atoms with E-state index in [2.05, 4.69) is 31.1 Å². The molecule has 1 heterocycles. The summed E-state index contributed by atoms with van der Waals surface area (Å²) in [4.78, 5) is 2.81. The molecule has 1 saturated heterocycles. The summed E-state index contributed by atoms with van der Waals surface area (Å²) in [6, 6.07) is 0. The van der Waals surface area contributed by atoms with E-state index < -0.39 is 0 Å². The third kappa shape index (κ3) is 5.25. The van der Waals surface area contributed by atoms with Gasteiger partial charge in [-0.05, 0) is 69.5 Å². The van der Waals surface area contributed by atoms with Crippen molar-refractivity contribution in [2.75, 3.05) is 33.2 Å². The van der Waals surface area contributed by atoms with Gasteiger partial charge in [0.1, 0.15) is 0 Å². The average Bonchev–Trinajstić information content (AvgIpc) is 2.81. The van der Waals surface area contributed by atoms with Crippen LogP contribution in [0.2, 0.25) is 0 Å². The number of rotatable bonds is 5. The Morgan fingerprint density at radius 1 is 1.00 bits per heavy atom. The first-order valence-electron chi connectivity index (χ1n) is 9.52. The molecule has 0 aromatic heterocycles. The van der Waals surface area contributed by atoms with Gasteiger partial charge in [-0.15, -0.1) is 0 Å². The third-order valence-electron chi connectivity index (χ3n) is 6.08. The van der Waals surface area contributed by atoms with Gasteiger partial charge in [-0.1, -0.05) is 39.5 Å². The molecule has 0 spiro atoms. The van der Waals surface area contributed by atoms with Gasteiger partial charge in [0.05, 0.1) is 0 Å². The van der Waals surface area contributed by atoms with Gasteiger partial charge in [0.15, 0.2) is 0 Å². The van der Waals surface area contributed by atoms with Crippen LogP contribution < -0.4 is 5.32 Å². The van der Waals surface area contributed by atoms with Crippen LogP contribution in [0.1, 0.15) is 71.6 Å². The lowest BCUT2D eigenvalue weighted by Gasteiger charge is -2.38. The van der Waals surface area contributed by atoms with Crippen LogP contribution in [-0.2, 0) is 0 Å². The minimum absolute atomic E-state index is 0.558. The molecule has 2 aliphatic rings. The summed E-state index contributed by atoms with van der Waals surface area (Å²) in [6.07, 6.45) is 13.0. The highest BCUT2D eigenvalue weighted by Crippen LogP contribution is 2.36. The lowest BCUT2D eigenvalue weighted by Crippen LogP contribution is -2.43. The van der Waals surface area contributed by atoms with Gasteiger partial charge in [0.2, 0.25) is 0 Å². The van der Waals surface area contributed by atoms with E-state index in [-0.39, 0.29) is 0 Å². The zero-order valence-corrected chi connectivity index (χ0v) is 14.8. The second-order valence-corrected chi connectivity index (χ2v) is 8.16. The topological polar surface area (TPSA) is 15.3 Å². The number of hydrogen-bond acceptors (Lipinski definition) is 2. The summed E-state index contributed by atoms with van der Waals surface area (Å²) in [6.45, 7) is 10.1. The Morgan fingerprint density at radius 3 is 2.33 bits per heavy atom. The Balaban J connectivity index is 1.93. The highest BCUT2D eigenvalue weighted by atomic mass is 15.1. The van der Waals surface area contributed by atoms with Crippen LogP contribution in [0.15, 0.2) is 0 Å². The van der Waals surface area contributed by atoms with Gasteiger partial charge >= 0.3 is 0 Å². The summed E-state index contributed by atoms with van der Waals surface area (Å²) in [5, 5.41) is 3.51. The fraction of sp³-hybridized carbons (Fsp3) is 1.00. The maximum atomic E-state index is 3.51. The summed E-state index contributed by atoms with van der Waals surface area (Å²) in [5.41, 5.74) is 0.558. The Kier molecular flexibility index (Phi) is 7.01. The van der Waals surface area contributed by atoms with Gasteiger partial charge in [-0.3, -0.25) is 0 Å². The molecule has 2 heteroatoms. The van der Waals surface area contributed by atoms with Crippen molar-refractivity contribution in [2.24, 2.45) is 17.3 Å². The molecule has 0 bridgehead atoms. The van der Waals surface area contributed by atoms with E-state index in [0.717, 1.165) is 11.8 Å². The number of nitrogens with zero attached hydrogens (tertiary/aromatic N) is 1. The van der Waals surface area contributed by atoms with Crippen molar-refractivity contribution in [1.29, 1.82) is 0 Å². The molecule has 0 aromatic carbocycles. The summed E-state index contributed by atoms with van der Waals surface area (Å²) in [5.74, 6) is 1.83. The molecule has 1 saturated carbocycles. The molecule has 1 aliphatic heterocycles. The van der Waals surface area contributed by atoms with Crippen LogP contribution >= 0.6 is 0 Å². The fourth-order valence-electron chi connectivity index (χ4n) is 4.73. The van der Waals surface area contributed by atoms with Gasteiger partial charge < -0.3 is 10.2 Å². The maximum Gasteiger partial charge on any atom is 0.00501 e. The molecule has 0 amide bonds. The normalized spacial score (nSPS) is 28.3. The molecule has 1 atom stereocenters. The van der Waals surface area contributed by atoms with Crippen molar-refractivity contribution < 1.29 is 0 Å². The van der Waals surface area contributed by atoms with Crippen molar-refractivity contribution >= 4 is 0 Å². The van der Waals surface area contributed by atoms with Gasteiger partial charge in [0.25, 0.3) is 0 Å². The molecule has 21 heavy (non-hydrogen) atoms. The second kappa shape index (κ2) is 8.53. The van der Waals surface area contributed by atoms with Crippen LogP contribution in [0.3, 0.4) is 0 Å². The van der Waals surface area contributed by atoms with Crippen molar-refractivity contribution in [1.82, 2.24) is 10.2 Å². The molecular weight excluding hydrogens is 256 g/mol. The van der Waals surface area contributed by atoms with Gasteiger partial charge in [-0.25, -0.2) is 0 Å². The SMILES string of the molecule is CNCC1(CN2CCCC(C(C)C)CC2)CCCCCC1. The molecule has 0 radical (unpaired) electrons. The summed E-state index contributed by atoms with van der Waals surface area (Å²) < 4.78 is 0. The van der Waals surface area contributed by atoms with E-state index in [0.29, 0.717) is 5.41 Å². The molecular formula is C19H38N2.